The Labute approximate surface area is 101 Å². The van der Waals surface area contributed by atoms with Gasteiger partial charge in [-0.3, -0.25) is 4.57 Å². The van der Waals surface area contributed by atoms with Gasteiger partial charge in [-0.05, 0) is 30.3 Å². The van der Waals surface area contributed by atoms with Gasteiger partial charge in [0.15, 0.2) is 11.6 Å². The molecule has 3 nitrogen and oxygen atoms in total. The van der Waals surface area contributed by atoms with Crippen molar-refractivity contribution in [1.82, 2.24) is 9.55 Å². The van der Waals surface area contributed by atoms with Crippen LogP contribution in [0.3, 0.4) is 0 Å². The Morgan fingerprint density at radius 2 is 1.83 bits per heavy atom. The molecule has 1 heterocycles. The highest BCUT2D eigenvalue weighted by atomic mass is 19.2. The highest BCUT2D eigenvalue weighted by Crippen LogP contribution is 2.21. The Morgan fingerprint density at radius 1 is 1.00 bits per heavy atom. The first-order chi connectivity index (χ1) is 8.65. The van der Waals surface area contributed by atoms with E-state index in [1.54, 1.807) is 29.1 Å². The van der Waals surface area contributed by atoms with Crippen LogP contribution in [0.15, 0.2) is 42.7 Å². The first-order valence-corrected chi connectivity index (χ1v) is 5.33. The van der Waals surface area contributed by atoms with Gasteiger partial charge in [-0.2, -0.15) is 0 Å². The van der Waals surface area contributed by atoms with E-state index in [2.05, 4.69) is 4.98 Å². The number of nitrogen functional groups attached to an aromatic ring is 1. The summed E-state index contributed by atoms with van der Waals surface area (Å²) in [4.78, 5) is 4.17. The zero-order valence-electron chi connectivity index (χ0n) is 9.27. The van der Waals surface area contributed by atoms with Gasteiger partial charge in [0.2, 0.25) is 0 Å². The van der Waals surface area contributed by atoms with E-state index in [-0.39, 0.29) is 0 Å². The second-order valence-corrected chi connectivity index (χ2v) is 3.96. The Morgan fingerprint density at radius 3 is 2.61 bits per heavy atom. The van der Waals surface area contributed by atoms with Crippen molar-refractivity contribution in [2.75, 3.05) is 5.73 Å². The zero-order valence-corrected chi connectivity index (χ0v) is 9.27. The van der Waals surface area contributed by atoms with Crippen molar-refractivity contribution in [3.05, 3.63) is 54.4 Å². The number of anilines is 1. The molecule has 1 aromatic heterocycles. The quantitative estimate of drug-likeness (QED) is 0.670. The molecular weight excluding hydrogens is 236 g/mol. The minimum atomic E-state index is -0.884. The SMILES string of the molecule is Nc1ccc2c(c1)ncn2-c1ccc(F)c(F)c1. The number of nitrogens with zero attached hydrogens (tertiary/aromatic N) is 2. The Balaban J connectivity index is 2.22. The van der Waals surface area contributed by atoms with E-state index >= 15 is 0 Å². The molecule has 0 fully saturated rings. The van der Waals surface area contributed by atoms with Gasteiger partial charge in [-0.25, -0.2) is 13.8 Å². The van der Waals surface area contributed by atoms with Gasteiger partial charge >= 0.3 is 0 Å². The molecule has 0 aliphatic rings. The third kappa shape index (κ3) is 1.60. The van der Waals surface area contributed by atoms with Crippen LogP contribution in [0.5, 0.6) is 0 Å². The van der Waals surface area contributed by atoms with E-state index in [0.29, 0.717) is 16.9 Å². The Kier molecular flexibility index (Phi) is 2.26. The van der Waals surface area contributed by atoms with Crippen molar-refractivity contribution in [2.45, 2.75) is 0 Å². The summed E-state index contributed by atoms with van der Waals surface area (Å²) in [6, 6.07) is 8.97. The molecule has 0 amide bonds. The summed E-state index contributed by atoms with van der Waals surface area (Å²) in [6.45, 7) is 0. The number of halogens is 2. The number of rotatable bonds is 1. The van der Waals surface area contributed by atoms with Crippen LogP contribution in [0.4, 0.5) is 14.5 Å². The van der Waals surface area contributed by atoms with E-state index in [0.717, 1.165) is 17.6 Å². The third-order valence-electron chi connectivity index (χ3n) is 2.75. The highest BCUT2D eigenvalue weighted by molar-refractivity contribution is 5.80. The molecule has 5 heteroatoms. The standard InChI is InChI=1S/C13H9F2N3/c14-10-3-2-9(6-11(10)15)18-7-17-12-5-8(16)1-4-13(12)18/h1-7H,16H2. The molecule has 3 aromatic rings. The van der Waals surface area contributed by atoms with Crippen LogP contribution in [0, 0.1) is 11.6 Å². The zero-order chi connectivity index (χ0) is 12.7. The number of aromatic nitrogens is 2. The van der Waals surface area contributed by atoms with E-state index in [1.165, 1.54) is 6.07 Å². The molecule has 0 atom stereocenters. The number of hydrogen-bond donors (Lipinski definition) is 1. The van der Waals surface area contributed by atoms with Gasteiger partial charge in [-0.1, -0.05) is 0 Å². The van der Waals surface area contributed by atoms with Crippen molar-refractivity contribution in [2.24, 2.45) is 0 Å². The van der Waals surface area contributed by atoms with Crippen molar-refractivity contribution in [3.63, 3.8) is 0 Å². The minimum absolute atomic E-state index is 0.515. The van der Waals surface area contributed by atoms with E-state index in [9.17, 15) is 8.78 Å². The van der Waals surface area contributed by atoms with Gasteiger partial charge in [0, 0.05) is 11.8 Å². The molecule has 0 aliphatic carbocycles. The topological polar surface area (TPSA) is 43.8 Å². The van der Waals surface area contributed by atoms with Crippen LogP contribution in [0.1, 0.15) is 0 Å². The lowest BCUT2D eigenvalue weighted by Gasteiger charge is -2.04. The van der Waals surface area contributed by atoms with E-state index < -0.39 is 11.6 Å². The lowest BCUT2D eigenvalue weighted by molar-refractivity contribution is 0.508. The Hall–Kier alpha value is -2.43. The lowest BCUT2D eigenvalue weighted by atomic mass is 10.2. The molecule has 3 rings (SSSR count). The summed E-state index contributed by atoms with van der Waals surface area (Å²) >= 11 is 0. The first-order valence-electron chi connectivity index (χ1n) is 5.33. The fourth-order valence-electron chi connectivity index (χ4n) is 1.87. The summed E-state index contributed by atoms with van der Waals surface area (Å²) in [6.07, 6.45) is 1.55. The Bertz CT molecular complexity index is 734. The molecule has 0 unspecified atom stereocenters. The van der Waals surface area contributed by atoms with E-state index in [1.807, 2.05) is 0 Å². The monoisotopic (exact) mass is 245 g/mol. The fourth-order valence-corrected chi connectivity index (χ4v) is 1.87. The van der Waals surface area contributed by atoms with Crippen LogP contribution in [-0.2, 0) is 0 Å². The molecule has 0 saturated carbocycles. The summed E-state index contributed by atoms with van der Waals surface area (Å²) in [5.41, 5.74) is 8.28. The molecule has 0 radical (unpaired) electrons. The van der Waals surface area contributed by atoms with E-state index in [4.69, 9.17) is 5.73 Å². The summed E-state index contributed by atoms with van der Waals surface area (Å²) in [5.74, 6) is -1.75. The van der Waals surface area contributed by atoms with Crippen LogP contribution in [0.2, 0.25) is 0 Å². The van der Waals surface area contributed by atoms with Gasteiger partial charge in [0.25, 0.3) is 0 Å². The average molecular weight is 245 g/mol. The summed E-state index contributed by atoms with van der Waals surface area (Å²) < 4.78 is 27.8. The van der Waals surface area contributed by atoms with Crippen LogP contribution in [-0.4, -0.2) is 9.55 Å². The maximum Gasteiger partial charge on any atom is 0.160 e. The number of benzene rings is 2. The fraction of sp³-hybridized carbons (Fsp3) is 0. The molecule has 0 saturated heterocycles. The molecule has 2 aromatic carbocycles. The second-order valence-electron chi connectivity index (χ2n) is 3.96. The number of hydrogen-bond acceptors (Lipinski definition) is 2. The van der Waals surface area contributed by atoms with Gasteiger partial charge in [-0.15, -0.1) is 0 Å². The molecule has 0 aliphatic heterocycles. The summed E-state index contributed by atoms with van der Waals surface area (Å²) in [5, 5.41) is 0. The maximum absolute atomic E-state index is 13.2. The highest BCUT2D eigenvalue weighted by Gasteiger charge is 2.07. The molecule has 0 spiro atoms. The molecular formula is C13H9F2N3. The first kappa shape index (κ1) is 10.7. The lowest BCUT2D eigenvalue weighted by Crippen LogP contribution is -1.94. The van der Waals surface area contributed by atoms with Gasteiger partial charge < -0.3 is 5.73 Å². The molecule has 18 heavy (non-hydrogen) atoms. The number of fused-ring (bicyclic) bond motifs is 1. The van der Waals surface area contributed by atoms with Crippen LogP contribution < -0.4 is 5.73 Å². The average Bonchev–Trinajstić information content (AvgIpc) is 2.75. The van der Waals surface area contributed by atoms with Crippen LogP contribution in [0.25, 0.3) is 16.7 Å². The normalized spacial score (nSPS) is 11.0. The maximum atomic E-state index is 13.2. The van der Waals surface area contributed by atoms with Gasteiger partial charge in [0.05, 0.1) is 16.7 Å². The van der Waals surface area contributed by atoms with Crippen LogP contribution >= 0.6 is 0 Å². The number of nitrogens with two attached hydrogens (primary N) is 1. The third-order valence-corrected chi connectivity index (χ3v) is 2.75. The van der Waals surface area contributed by atoms with Gasteiger partial charge in [0.1, 0.15) is 6.33 Å². The van der Waals surface area contributed by atoms with Crippen molar-refractivity contribution < 1.29 is 8.78 Å². The second kappa shape index (κ2) is 3.80. The summed E-state index contributed by atoms with van der Waals surface area (Å²) in [7, 11) is 0. The predicted octanol–water partition coefficient (Wildman–Crippen LogP) is 2.89. The van der Waals surface area contributed by atoms with Crippen molar-refractivity contribution in [1.29, 1.82) is 0 Å². The molecule has 90 valence electrons. The van der Waals surface area contributed by atoms with Crippen molar-refractivity contribution in [3.8, 4) is 5.69 Å². The number of imidazole rings is 1. The minimum Gasteiger partial charge on any atom is -0.399 e. The largest absolute Gasteiger partial charge is 0.399 e. The van der Waals surface area contributed by atoms with Crippen molar-refractivity contribution >= 4 is 16.7 Å². The smallest absolute Gasteiger partial charge is 0.160 e. The molecule has 2 N–H and O–H groups in total. The predicted molar refractivity (Wildman–Crippen MR) is 65.4 cm³/mol. The molecule has 0 bridgehead atoms.